The summed E-state index contributed by atoms with van der Waals surface area (Å²) in [5.74, 6) is -0.592. The number of esters is 1. The fourth-order valence-electron chi connectivity index (χ4n) is 3.07. The maximum Gasteiger partial charge on any atom is 0.416 e. The quantitative estimate of drug-likeness (QED) is 0.168. The number of amides is 1. The second kappa shape index (κ2) is 9.61. The van der Waals surface area contributed by atoms with Gasteiger partial charge in [-0.15, -0.1) is 11.3 Å². The van der Waals surface area contributed by atoms with Gasteiger partial charge < -0.3 is 9.47 Å². The Kier molecular flexibility index (Phi) is 6.78. The average molecular weight is 522 g/mol. The molecule has 0 radical (unpaired) electrons. The summed E-state index contributed by atoms with van der Waals surface area (Å²) in [6.07, 6.45) is -3.00. The summed E-state index contributed by atoms with van der Waals surface area (Å²) < 4.78 is 50.1. The van der Waals surface area contributed by atoms with Crippen LogP contribution in [0.25, 0.3) is 6.08 Å². The molecule has 2 aromatic carbocycles. The number of hydrogen-bond donors (Lipinski definition) is 0. The number of rotatable bonds is 5. The molecule has 11 heteroatoms. The number of thioether (sulfide) groups is 1. The molecule has 174 valence electrons. The van der Waals surface area contributed by atoms with Crippen LogP contribution in [0.5, 0.6) is 11.5 Å². The lowest BCUT2D eigenvalue weighted by Crippen LogP contribution is -2.27. The average Bonchev–Trinajstić information content (AvgIpc) is 3.43. The van der Waals surface area contributed by atoms with E-state index in [0.717, 1.165) is 28.8 Å². The van der Waals surface area contributed by atoms with Crippen molar-refractivity contribution >= 4 is 63.3 Å². The number of carbonyl (C=O) groups is 2. The number of methoxy groups -OCH3 is 1. The lowest BCUT2D eigenvalue weighted by Gasteiger charge is -2.16. The third-order valence-electron chi connectivity index (χ3n) is 4.64. The Labute approximate surface area is 205 Å². The third-order valence-corrected chi connectivity index (χ3v) is 6.79. The molecule has 1 fully saturated rings. The van der Waals surface area contributed by atoms with E-state index in [4.69, 9.17) is 21.7 Å². The van der Waals surface area contributed by atoms with E-state index < -0.39 is 23.6 Å². The molecule has 1 aliphatic rings. The highest BCUT2D eigenvalue weighted by molar-refractivity contribution is 8.27. The van der Waals surface area contributed by atoms with Gasteiger partial charge in [0.05, 0.1) is 23.3 Å². The van der Waals surface area contributed by atoms with Crippen LogP contribution in [0.15, 0.2) is 64.9 Å². The molecule has 0 atom stereocenters. The van der Waals surface area contributed by atoms with Crippen LogP contribution in [0.2, 0.25) is 0 Å². The molecule has 5 nitrogen and oxygen atoms in total. The number of halogens is 3. The molecule has 0 N–H and O–H groups in total. The number of hydrogen-bond acceptors (Lipinski definition) is 7. The number of ether oxygens (including phenoxy) is 2. The largest absolute Gasteiger partial charge is 0.493 e. The van der Waals surface area contributed by atoms with Crippen molar-refractivity contribution in [3.05, 3.63) is 80.9 Å². The van der Waals surface area contributed by atoms with E-state index in [2.05, 4.69) is 0 Å². The minimum absolute atomic E-state index is 0.0362. The van der Waals surface area contributed by atoms with Crippen molar-refractivity contribution in [3.63, 3.8) is 0 Å². The Balaban J connectivity index is 1.58. The van der Waals surface area contributed by atoms with Crippen molar-refractivity contribution in [1.82, 2.24) is 0 Å². The second-order valence-electron chi connectivity index (χ2n) is 6.84. The van der Waals surface area contributed by atoms with Crippen molar-refractivity contribution in [2.75, 3.05) is 12.0 Å². The summed E-state index contributed by atoms with van der Waals surface area (Å²) in [6.45, 7) is 0. The fraction of sp³-hybridized carbons (Fsp3) is 0.0870. The lowest BCUT2D eigenvalue weighted by molar-refractivity contribution is -0.137. The van der Waals surface area contributed by atoms with Gasteiger partial charge in [-0.1, -0.05) is 42.2 Å². The number of anilines is 1. The van der Waals surface area contributed by atoms with E-state index in [0.29, 0.717) is 10.4 Å². The van der Waals surface area contributed by atoms with Gasteiger partial charge in [0.1, 0.15) is 4.88 Å². The molecule has 2 heterocycles. The fourth-order valence-corrected chi connectivity index (χ4v) is 4.96. The topological polar surface area (TPSA) is 55.8 Å². The van der Waals surface area contributed by atoms with Gasteiger partial charge in [-0.2, -0.15) is 13.2 Å². The highest BCUT2D eigenvalue weighted by Gasteiger charge is 2.36. The molecule has 1 aliphatic heterocycles. The summed E-state index contributed by atoms with van der Waals surface area (Å²) in [4.78, 5) is 26.9. The smallest absolute Gasteiger partial charge is 0.416 e. The molecule has 3 aromatic rings. The number of thiocarbonyl (C=S) groups is 1. The normalized spacial score (nSPS) is 15.2. The first-order chi connectivity index (χ1) is 16.2. The Morgan fingerprint density at radius 2 is 1.88 bits per heavy atom. The zero-order valence-electron chi connectivity index (χ0n) is 17.3. The Hall–Kier alpha value is -3.15. The Morgan fingerprint density at radius 3 is 2.56 bits per heavy atom. The van der Waals surface area contributed by atoms with Gasteiger partial charge >= 0.3 is 12.1 Å². The van der Waals surface area contributed by atoms with Crippen molar-refractivity contribution in [2.45, 2.75) is 6.18 Å². The molecular weight excluding hydrogens is 507 g/mol. The van der Waals surface area contributed by atoms with Crippen molar-refractivity contribution in [3.8, 4) is 11.5 Å². The molecule has 34 heavy (non-hydrogen) atoms. The Morgan fingerprint density at radius 1 is 1.09 bits per heavy atom. The SMILES string of the molecule is COc1cc(/C=C2/SC(=S)N(c3cccc(C(F)(F)F)c3)C2=O)ccc1OC(=O)c1cccs1. The minimum atomic E-state index is -4.54. The van der Waals surface area contributed by atoms with Crippen LogP contribution in [0, 0.1) is 0 Å². The van der Waals surface area contributed by atoms with Crippen molar-refractivity contribution < 1.29 is 32.2 Å². The Bertz CT molecular complexity index is 1300. The first kappa shape index (κ1) is 24.0. The number of alkyl halides is 3. The van der Waals surface area contributed by atoms with Crippen LogP contribution in [-0.2, 0) is 11.0 Å². The van der Waals surface area contributed by atoms with Crippen LogP contribution >= 0.6 is 35.3 Å². The van der Waals surface area contributed by atoms with Crippen LogP contribution < -0.4 is 14.4 Å². The van der Waals surface area contributed by atoms with Crippen LogP contribution in [0.4, 0.5) is 18.9 Å². The summed E-state index contributed by atoms with van der Waals surface area (Å²) in [7, 11) is 1.41. The number of nitrogens with zero attached hydrogens (tertiary/aromatic N) is 1. The van der Waals surface area contributed by atoms with E-state index in [-0.39, 0.29) is 26.4 Å². The third kappa shape index (κ3) is 5.01. The summed E-state index contributed by atoms with van der Waals surface area (Å²) >= 11 is 7.47. The van der Waals surface area contributed by atoms with E-state index >= 15 is 0 Å². The highest BCUT2D eigenvalue weighted by atomic mass is 32.2. The molecule has 4 rings (SSSR count). The molecule has 1 amide bonds. The number of carbonyl (C=O) groups excluding carboxylic acids is 2. The van der Waals surface area contributed by atoms with E-state index in [1.807, 2.05) is 0 Å². The molecule has 0 aliphatic carbocycles. The highest BCUT2D eigenvalue weighted by Crippen LogP contribution is 2.39. The van der Waals surface area contributed by atoms with Gasteiger partial charge in [0.2, 0.25) is 0 Å². The summed E-state index contributed by atoms with van der Waals surface area (Å²) in [5, 5.41) is 1.76. The zero-order chi connectivity index (χ0) is 24.5. The first-order valence-electron chi connectivity index (χ1n) is 9.56. The first-order valence-corrected chi connectivity index (χ1v) is 11.7. The predicted octanol–water partition coefficient (Wildman–Crippen LogP) is 6.40. The van der Waals surface area contributed by atoms with Crippen LogP contribution in [0.3, 0.4) is 0 Å². The minimum Gasteiger partial charge on any atom is -0.493 e. The van der Waals surface area contributed by atoms with Crippen molar-refractivity contribution in [2.24, 2.45) is 0 Å². The van der Waals surface area contributed by atoms with Gasteiger partial charge in [0.25, 0.3) is 5.91 Å². The number of thiophene rings is 1. The van der Waals surface area contributed by atoms with E-state index in [1.165, 1.54) is 36.6 Å². The lowest BCUT2D eigenvalue weighted by atomic mass is 10.1. The molecule has 0 saturated carbocycles. The van der Waals surface area contributed by atoms with Crippen LogP contribution in [-0.4, -0.2) is 23.3 Å². The van der Waals surface area contributed by atoms with Gasteiger partial charge in [-0.3, -0.25) is 9.69 Å². The van der Waals surface area contributed by atoms with E-state index in [1.54, 1.807) is 35.7 Å². The van der Waals surface area contributed by atoms with Crippen molar-refractivity contribution in [1.29, 1.82) is 0 Å². The van der Waals surface area contributed by atoms with Gasteiger partial charge in [0, 0.05) is 0 Å². The molecule has 1 aromatic heterocycles. The number of benzene rings is 2. The van der Waals surface area contributed by atoms with Gasteiger partial charge in [-0.05, 0) is 53.4 Å². The second-order valence-corrected chi connectivity index (χ2v) is 9.47. The summed E-state index contributed by atoms with van der Waals surface area (Å²) in [5.41, 5.74) is -0.285. The maximum absolute atomic E-state index is 13.1. The molecule has 0 spiro atoms. The molecule has 0 unspecified atom stereocenters. The zero-order valence-corrected chi connectivity index (χ0v) is 19.7. The predicted molar refractivity (Wildman–Crippen MR) is 129 cm³/mol. The monoisotopic (exact) mass is 521 g/mol. The van der Waals surface area contributed by atoms with Crippen LogP contribution in [0.1, 0.15) is 20.8 Å². The van der Waals surface area contributed by atoms with Gasteiger partial charge in [-0.25, -0.2) is 4.79 Å². The van der Waals surface area contributed by atoms with E-state index in [9.17, 15) is 22.8 Å². The molecule has 0 bridgehead atoms. The maximum atomic E-state index is 13.1. The standard InChI is InChI=1S/C23H14F3NO4S3/c1-30-17-10-13(7-8-16(17)31-21(29)18-6-3-9-33-18)11-19-20(28)27(22(32)34-19)15-5-2-4-14(12-15)23(24,25)26/h2-12H,1H3/b19-11+. The molecule has 1 saturated heterocycles. The molecular formula is C23H14F3NO4S3. The summed E-state index contributed by atoms with van der Waals surface area (Å²) in [6, 6.07) is 12.5. The van der Waals surface area contributed by atoms with Gasteiger partial charge in [0.15, 0.2) is 15.8 Å².